The number of Topliss-reactive ketones (excluding diaryl/α,β-unsaturated/α-hetero) is 1. The molecule has 0 radical (unpaired) electrons. The number of thioether (sulfide) groups is 1. The lowest BCUT2D eigenvalue weighted by Gasteiger charge is -2.11. The molecule has 0 aliphatic heterocycles. The van der Waals surface area contributed by atoms with Crippen molar-refractivity contribution in [3.05, 3.63) is 53.6 Å². The Bertz CT molecular complexity index is 757. The Morgan fingerprint density at radius 1 is 1.00 bits per heavy atom. The number of esters is 1. The normalized spacial score (nSPS) is 10.2. The summed E-state index contributed by atoms with van der Waals surface area (Å²) < 4.78 is 15.5. The second-order valence-corrected chi connectivity index (χ2v) is 6.30. The molecule has 25 heavy (non-hydrogen) atoms. The van der Waals surface area contributed by atoms with Crippen LogP contribution in [0.5, 0.6) is 11.5 Å². The van der Waals surface area contributed by atoms with Gasteiger partial charge in [0, 0.05) is 11.0 Å². The van der Waals surface area contributed by atoms with Gasteiger partial charge < -0.3 is 14.2 Å². The third-order valence-electron chi connectivity index (χ3n) is 3.45. The molecule has 132 valence electrons. The van der Waals surface area contributed by atoms with Crippen molar-refractivity contribution in [1.29, 1.82) is 0 Å². The standard InChI is InChI=1S/C19H20O5S/c1-4-25-18-8-6-5-7-15(18)19(21)24-12-16(20)14-10-9-13(22-2)11-17(14)23-3/h5-11H,4,12H2,1-3H3. The molecule has 2 aromatic rings. The molecule has 0 aliphatic carbocycles. The van der Waals surface area contributed by atoms with Crippen LogP contribution in [0.4, 0.5) is 0 Å². The quantitative estimate of drug-likeness (QED) is 0.405. The first-order valence-corrected chi connectivity index (χ1v) is 8.73. The van der Waals surface area contributed by atoms with Crippen molar-refractivity contribution in [1.82, 2.24) is 0 Å². The van der Waals surface area contributed by atoms with E-state index in [1.807, 2.05) is 19.1 Å². The number of ether oxygens (including phenoxy) is 3. The van der Waals surface area contributed by atoms with E-state index in [0.29, 0.717) is 22.6 Å². The maximum atomic E-state index is 12.4. The minimum absolute atomic E-state index is 0.339. The van der Waals surface area contributed by atoms with Gasteiger partial charge in [-0.15, -0.1) is 11.8 Å². The zero-order valence-corrected chi connectivity index (χ0v) is 15.2. The van der Waals surface area contributed by atoms with Crippen molar-refractivity contribution < 1.29 is 23.8 Å². The number of hydrogen-bond donors (Lipinski definition) is 0. The molecule has 0 spiro atoms. The van der Waals surface area contributed by atoms with Crippen LogP contribution >= 0.6 is 11.8 Å². The van der Waals surface area contributed by atoms with Crippen LogP contribution in [0.25, 0.3) is 0 Å². The fraction of sp³-hybridized carbons (Fsp3) is 0.263. The highest BCUT2D eigenvalue weighted by Crippen LogP contribution is 2.26. The zero-order chi connectivity index (χ0) is 18.2. The first-order valence-electron chi connectivity index (χ1n) is 7.74. The van der Waals surface area contributed by atoms with Gasteiger partial charge in [-0.3, -0.25) is 4.79 Å². The molecule has 0 saturated heterocycles. The van der Waals surface area contributed by atoms with Gasteiger partial charge >= 0.3 is 5.97 Å². The lowest BCUT2D eigenvalue weighted by atomic mass is 10.1. The molecule has 0 fully saturated rings. The fourth-order valence-electron chi connectivity index (χ4n) is 2.23. The van der Waals surface area contributed by atoms with E-state index in [2.05, 4.69) is 0 Å². The van der Waals surface area contributed by atoms with E-state index < -0.39 is 5.97 Å². The van der Waals surface area contributed by atoms with E-state index in [1.165, 1.54) is 14.2 Å². The molecule has 0 aliphatic rings. The van der Waals surface area contributed by atoms with Crippen molar-refractivity contribution in [2.45, 2.75) is 11.8 Å². The number of methoxy groups -OCH3 is 2. The molecule has 5 nitrogen and oxygen atoms in total. The highest BCUT2D eigenvalue weighted by atomic mass is 32.2. The zero-order valence-electron chi connectivity index (χ0n) is 14.4. The number of ketones is 1. The summed E-state index contributed by atoms with van der Waals surface area (Å²) in [6.45, 7) is 1.65. The molecule has 0 unspecified atom stereocenters. The number of hydrogen-bond acceptors (Lipinski definition) is 6. The smallest absolute Gasteiger partial charge is 0.339 e. The van der Waals surface area contributed by atoms with Gasteiger partial charge in [-0.2, -0.15) is 0 Å². The van der Waals surface area contributed by atoms with E-state index in [4.69, 9.17) is 14.2 Å². The number of benzene rings is 2. The highest BCUT2D eigenvalue weighted by molar-refractivity contribution is 7.99. The molecule has 0 saturated carbocycles. The van der Waals surface area contributed by atoms with Gasteiger partial charge in [-0.05, 0) is 30.0 Å². The van der Waals surface area contributed by atoms with Crippen molar-refractivity contribution >= 4 is 23.5 Å². The third kappa shape index (κ3) is 4.76. The minimum atomic E-state index is -0.516. The molecule has 2 aromatic carbocycles. The molecule has 0 N–H and O–H groups in total. The molecule has 0 heterocycles. The Morgan fingerprint density at radius 3 is 2.44 bits per heavy atom. The van der Waals surface area contributed by atoms with Gasteiger partial charge in [0.1, 0.15) is 11.5 Å². The molecule has 2 rings (SSSR count). The van der Waals surface area contributed by atoms with Gasteiger partial charge in [0.2, 0.25) is 5.78 Å². The topological polar surface area (TPSA) is 61.8 Å². The minimum Gasteiger partial charge on any atom is -0.497 e. The predicted octanol–water partition coefficient (Wildman–Crippen LogP) is 3.86. The lowest BCUT2D eigenvalue weighted by Crippen LogP contribution is -2.15. The largest absolute Gasteiger partial charge is 0.497 e. The van der Waals surface area contributed by atoms with Crippen LogP contribution in [0.2, 0.25) is 0 Å². The van der Waals surface area contributed by atoms with E-state index in [1.54, 1.807) is 42.1 Å². The van der Waals surface area contributed by atoms with Crippen LogP contribution in [0, 0.1) is 0 Å². The Hall–Kier alpha value is -2.47. The summed E-state index contributed by atoms with van der Waals surface area (Å²) >= 11 is 1.55. The number of rotatable bonds is 8. The Labute approximate surface area is 151 Å². The monoisotopic (exact) mass is 360 g/mol. The molecular weight excluding hydrogens is 340 g/mol. The molecular formula is C19H20O5S. The van der Waals surface area contributed by atoms with Gasteiger partial charge in [-0.25, -0.2) is 4.79 Å². The summed E-state index contributed by atoms with van der Waals surface area (Å²) in [5.41, 5.74) is 0.802. The summed E-state index contributed by atoms with van der Waals surface area (Å²) in [6.07, 6.45) is 0. The summed E-state index contributed by atoms with van der Waals surface area (Å²) in [5, 5.41) is 0. The summed E-state index contributed by atoms with van der Waals surface area (Å²) in [4.78, 5) is 25.5. The Morgan fingerprint density at radius 2 is 1.76 bits per heavy atom. The Kier molecular flexibility index (Phi) is 6.89. The van der Waals surface area contributed by atoms with Gasteiger partial charge in [-0.1, -0.05) is 19.1 Å². The van der Waals surface area contributed by atoms with E-state index in [0.717, 1.165) is 10.6 Å². The first kappa shape index (κ1) is 18.9. The second kappa shape index (κ2) is 9.13. The SMILES string of the molecule is CCSc1ccccc1C(=O)OCC(=O)c1ccc(OC)cc1OC. The van der Waals surface area contributed by atoms with Crippen LogP contribution in [-0.2, 0) is 4.74 Å². The number of carbonyl (C=O) groups excluding carboxylic acids is 2. The summed E-state index contributed by atoms with van der Waals surface area (Å²) in [6, 6.07) is 12.0. The van der Waals surface area contributed by atoms with Gasteiger partial charge in [0.15, 0.2) is 6.61 Å². The van der Waals surface area contributed by atoms with Crippen molar-refractivity contribution in [2.75, 3.05) is 26.6 Å². The van der Waals surface area contributed by atoms with E-state index in [-0.39, 0.29) is 12.4 Å². The molecule has 0 amide bonds. The van der Waals surface area contributed by atoms with Crippen LogP contribution in [0.15, 0.2) is 47.4 Å². The van der Waals surface area contributed by atoms with Crippen LogP contribution in [0.3, 0.4) is 0 Å². The summed E-state index contributed by atoms with van der Waals surface area (Å²) in [7, 11) is 3.00. The Balaban J connectivity index is 2.09. The average molecular weight is 360 g/mol. The molecule has 0 bridgehead atoms. The maximum Gasteiger partial charge on any atom is 0.339 e. The highest BCUT2D eigenvalue weighted by Gasteiger charge is 2.18. The van der Waals surface area contributed by atoms with E-state index >= 15 is 0 Å². The molecule has 0 aromatic heterocycles. The van der Waals surface area contributed by atoms with Crippen LogP contribution in [-0.4, -0.2) is 38.3 Å². The maximum absolute atomic E-state index is 12.4. The lowest BCUT2D eigenvalue weighted by molar-refractivity contribution is 0.0470. The average Bonchev–Trinajstić information content (AvgIpc) is 2.65. The van der Waals surface area contributed by atoms with Crippen molar-refractivity contribution in [3.63, 3.8) is 0 Å². The predicted molar refractivity (Wildman–Crippen MR) is 97.0 cm³/mol. The van der Waals surface area contributed by atoms with Gasteiger partial charge in [0.05, 0.1) is 25.3 Å². The van der Waals surface area contributed by atoms with E-state index in [9.17, 15) is 9.59 Å². The van der Waals surface area contributed by atoms with Crippen molar-refractivity contribution in [3.8, 4) is 11.5 Å². The van der Waals surface area contributed by atoms with Crippen LogP contribution < -0.4 is 9.47 Å². The first-order chi connectivity index (χ1) is 12.1. The van der Waals surface area contributed by atoms with Gasteiger partial charge in [0.25, 0.3) is 0 Å². The molecule has 0 atom stereocenters. The van der Waals surface area contributed by atoms with Crippen molar-refractivity contribution in [2.24, 2.45) is 0 Å². The van der Waals surface area contributed by atoms with Crippen LogP contribution in [0.1, 0.15) is 27.6 Å². The number of carbonyl (C=O) groups is 2. The fourth-order valence-corrected chi connectivity index (χ4v) is 3.02. The third-order valence-corrected chi connectivity index (χ3v) is 4.41. The second-order valence-electron chi connectivity index (χ2n) is 4.99. The molecule has 6 heteroatoms. The summed E-state index contributed by atoms with van der Waals surface area (Å²) in [5.74, 6) is 0.941.